The second-order valence-electron chi connectivity index (χ2n) is 4.73. The van der Waals surface area contributed by atoms with Crippen LogP contribution in [0.4, 0.5) is 0 Å². The Hall–Kier alpha value is -1.19. The fourth-order valence-electron chi connectivity index (χ4n) is 2.19. The first-order valence-electron chi connectivity index (χ1n) is 6.22. The summed E-state index contributed by atoms with van der Waals surface area (Å²) < 4.78 is 0. The van der Waals surface area contributed by atoms with E-state index in [0.717, 1.165) is 39.0 Å². The van der Waals surface area contributed by atoms with Crippen molar-refractivity contribution in [1.29, 1.82) is 0 Å². The Morgan fingerprint density at radius 1 is 1.06 bits per heavy atom. The molecule has 2 rings (SSSR count). The summed E-state index contributed by atoms with van der Waals surface area (Å²) in [5, 5.41) is 0. The van der Waals surface area contributed by atoms with Gasteiger partial charge in [0.1, 0.15) is 6.29 Å². The van der Waals surface area contributed by atoms with E-state index in [1.165, 1.54) is 11.1 Å². The van der Waals surface area contributed by atoms with Crippen LogP contribution in [0.2, 0.25) is 0 Å². The molecule has 0 spiro atoms. The van der Waals surface area contributed by atoms with Crippen LogP contribution in [0.5, 0.6) is 0 Å². The van der Waals surface area contributed by atoms with Gasteiger partial charge in [0, 0.05) is 32.7 Å². The van der Waals surface area contributed by atoms with Crippen LogP contribution in [0.3, 0.4) is 0 Å². The molecule has 3 heteroatoms. The van der Waals surface area contributed by atoms with Gasteiger partial charge in [-0.15, -0.1) is 0 Å². The number of aldehydes is 1. The zero-order valence-corrected chi connectivity index (χ0v) is 10.4. The Balaban J connectivity index is 1.81. The molecule has 1 aromatic rings. The first-order chi connectivity index (χ1) is 8.28. The van der Waals surface area contributed by atoms with Gasteiger partial charge in [-0.05, 0) is 12.5 Å². The number of aryl methyl sites for hydroxylation is 1. The summed E-state index contributed by atoms with van der Waals surface area (Å²) in [5.41, 5.74) is 2.68. The highest BCUT2D eigenvalue weighted by Gasteiger charge is 2.15. The lowest BCUT2D eigenvalue weighted by molar-refractivity contribution is -0.109. The number of hydrogen-bond donors (Lipinski definition) is 0. The Kier molecular flexibility index (Phi) is 4.29. The van der Waals surface area contributed by atoms with Crippen molar-refractivity contribution in [2.24, 2.45) is 0 Å². The van der Waals surface area contributed by atoms with Gasteiger partial charge in [-0.25, -0.2) is 0 Å². The van der Waals surface area contributed by atoms with Gasteiger partial charge in [-0.3, -0.25) is 9.80 Å². The minimum absolute atomic E-state index is 0.582. The van der Waals surface area contributed by atoms with E-state index < -0.39 is 0 Å². The molecule has 0 N–H and O–H groups in total. The van der Waals surface area contributed by atoms with Crippen molar-refractivity contribution >= 4 is 6.29 Å². The van der Waals surface area contributed by atoms with E-state index in [0.29, 0.717) is 6.54 Å². The van der Waals surface area contributed by atoms with Gasteiger partial charge < -0.3 is 4.79 Å². The number of piperazine rings is 1. The summed E-state index contributed by atoms with van der Waals surface area (Å²) in [7, 11) is 0. The SMILES string of the molecule is Cc1ccc(CN2CCN(CC=O)CC2)cc1. The van der Waals surface area contributed by atoms with Crippen molar-refractivity contribution in [2.45, 2.75) is 13.5 Å². The molecule has 0 radical (unpaired) electrons. The smallest absolute Gasteiger partial charge is 0.133 e. The molecule has 0 aliphatic carbocycles. The summed E-state index contributed by atoms with van der Waals surface area (Å²) >= 11 is 0. The normalized spacial score (nSPS) is 18.2. The third-order valence-electron chi connectivity index (χ3n) is 3.32. The van der Waals surface area contributed by atoms with E-state index in [-0.39, 0.29) is 0 Å². The standard InChI is InChI=1S/C14H20N2O/c1-13-2-4-14(5-3-13)12-16-8-6-15(7-9-16)10-11-17/h2-5,11H,6-10,12H2,1H3. The average molecular weight is 232 g/mol. The minimum Gasteiger partial charge on any atom is -0.302 e. The summed E-state index contributed by atoms with van der Waals surface area (Å²) in [5.74, 6) is 0. The van der Waals surface area contributed by atoms with Gasteiger partial charge in [0.25, 0.3) is 0 Å². The van der Waals surface area contributed by atoms with E-state index in [4.69, 9.17) is 0 Å². The molecular weight excluding hydrogens is 212 g/mol. The van der Waals surface area contributed by atoms with E-state index in [2.05, 4.69) is 41.0 Å². The lowest BCUT2D eigenvalue weighted by Crippen LogP contribution is -2.46. The van der Waals surface area contributed by atoms with Gasteiger partial charge in [-0.2, -0.15) is 0 Å². The number of carbonyl (C=O) groups excluding carboxylic acids is 1. The number of hydrogen-bond acceptors (Lipinski definition) is 3. The highest BCUT2D eigenvalue weighted by molar-refractivity contribution is 5.51. The molecule has 0 amide bonds. The summed E-state index contributed by atoms with van der Waals surface area (Å²) in [6, 6.07) is 8.73. The van der Waals surface area contributed by atoms with Crippen LogP contribution in [0.25, 0.3) is 0 Å². The van der Waals surface area contributed by atoms with Crippen LogP contribution in [-0.2, 0) is 11.3 Å². The molecule has 0 saturated carbocycles. The van der Waals surface area contributed by atoms with E-state index in [1.807, 2.05) is 0 Å². The van der Waals surface area contributed by atoms with Crippen molar-refractivity contribution in [3.05, 3.63) is 35.4 Å². The molecule has 1 saturated heterocycles. The number of nitrogens with zero attached hydrogens (tertiary/aromatic N) is 2. The highest BCUT2D eigenvalue weighted by Crippen LogP contribution is 2.09. The Labute approximate surface area is 103 Å². The fraction of sp³-hybridized carbons (Fsp3) is 0.500. The molecule has 3 nitrogen and oxygen atoms in total. The lowest BCUT2D eigenvalue weighted by atomic mass is 10.1. The molecule has 1 fully saturated rings. The van der Waals surface area contributed by atoms with Crippen molar-refractivity contribution in [3.8, 4) is 0 Å². The molecule has 17 heavy (non-hydrogen) atoms. The molecule has 1 aliphatic heterocycles. The molecule has 0 atom stereocenters. The number of rotatable bonds is 4. The van der Waals surface area contributed by atoms with Crippen LogP contribution < -0.4 is 0 Å². The molecule has 1 aliphatic rings. The highest BCUT2D eigenvalue weighted by atomic mass is 16.1. The topological polar surface area (TPSA) is 23.6 Å². The molecule has 0 unspecified atom stereocenters. The van der Waals surface area contributed by atoms with E-state index in [9.17, 15) is 4.79 Å². The lowest BCUT2D eigenvalue weighted by Gasteiger charge is -2.33. The number of benzene rings is 1. The largest absolute Gasteiger partial charge is 0.302 e. The van der Waals surface area contributed by atoms with Crippen molar-refractivity contribution < 1.29 is 4.79 Å². The van der Waals surface area contributed by atoms with Gasteiger partial charge in [0.2, 0.25) is 0 Å². The van der Waals surface area contributed by atoms with Crippen molar-refractivity contribution in [1.82, 2.24) is 9.80 Å². The molecular formula is C14H20N2O. The van der Waals surface area contributed by atoms with Crippen LogP contribution in [0, 0.1) is 6.92 Å². The van der Waals surface area contributed by atoms with E-state index in [1.54, 1.807) is 0 Å². The third-order valence-corrected chi connectivity index (χ3v) is 3.32. The zero-order chi connectivity index (χ0) is 12.1. The summed E-state index contributed by atoms with van der Waals surface area (Å²) in [6.45, 7) is 7.84. The third kappa shape index (κ3) is 3.65. The second kappa shape index (κ2) is 5.94. The first kappa shape index (κ1) is 12.3. The monoisotopic (exact) mass is 232 g/mol. The zero-order valence-electron chi connectivity index (χ0n) is 10.4. The summed E-state index contributed by atoms with van der Waals surface area (Å²) in [4.78, 5) is 15.1. The Morgan fingerprint density at radius 2 is 1.65 bits per heavy atom. The van der Waals surface area contributed by atoms with Gasteiger partial charge >= 0.3 is 0 Å². The van der Waals surface area contributed by atoms with E-state index >= 15 is 0 Å². The van der Waals surface area contributed by atoms with Crippen molar-refractivity contribution in [3.63, 3.8) is 0 Å². The molecule has 92 valence electrons. The predicted octanol–water partition coefficient (Wildman–Crippen LogP) is 1.31. The maximum atomic E-state index is 10.4. The van der Waals surface area contributed by atoms with Crippen molar-refractivity contribution in [2.75, 3.05) is 32.7 Å². The Morgan fingerprint density at radius 3 is 2.24 bits per heavy atom. The number of carbonyl (C=O) groups is 1. The quantitative estimate of drug-likeness (QED) is 0.731. The molecule has 1 aromatic carbocycles. The molecule has 0 bridgehead atoms. The average Bonchev–Trinajstić information content (AvgIpc) is 2.35. The summed E-state index contributed by atoms with van der Waals surface area (Å²) in [6.07, 6.45) is 0.996. The maximum absolute atomic E-state index is 10.4. The van der Waals surface area contributed by atoms with Gasteiger partial charge in [0.05, 0.1) is 6.54 Å². The van der Waals surface area contributed by atoms with Crippen LogP contribution in [0.15, 0.2) is 24.3 Å². The van der Waals surface area contributed by atoms with Crippen LogP contribution in [-0.4, -0.2) is 48.8 Å². The predicted molar refractivity (Wildman–Crippen MR) is 69.0 cm³/mol. The Bertz CT molecular complexity index is 353. The second-order valence-corrected chi connectivity index (χ2v) is 4.73. The maximum Gasteiger partial charge on any atom is 0.133 e. The molecule has 0 aromatic heterocycles. The first-order valence-corrected chi connectivity index (χ1v) is 6.22. The fourth-order valence-corrected chi connectivity index (χ4v) is 2.19. The van der Waals surface area contributed by atoms with Crippen LogP contribution in [0.1, 0.15) is 11.1 Å². The minimum atomic E-state index is 0.582. The van der Waals surface area contributed by atoms with Gasteiger partial charge in [0.15, 0.2) is 0 Å². The van der Waals surface area contributed by atoms with Gasteiger partial charge in [-0.1, -0.05) is 29.8 Å². The molecule has 1 heterocycles. The van der Waals surface area contributed by atoms with Crippen LogP contribution >= 0.6 is 0 Å².